The molecule has 8 nitrogen and oxygen atoms in total. The number of amides is 3. The van der Waals surface area contributed by atoms with Crippen molar-refractivity contribution in [1.29, 1.82) is 0 Å². The Morgan fingerprint density at radius 1 is 1.00 bits per heavy atom. The number of ether oxygens (including phenoxy) is 1. The molecule has 2 aromatic rings. The fourth-order valence-electron chi connectivity index (χ4n) is 2.88. The van der Waals surface area contributed by atoms with E-state index in [1.54, 1.807) is 12.1 Å². The number of hydrogen-bond donors (Lipinski definition) is 1. The summed E-state index contributed by atoms with van der Waals surface area (Å²) in [4.78, 5) is 61.3. The van der Waals surface area contributed by atoms with E-state index in [0.717, 1.165) is 0 Å². The number of benzene rings is 2. The number of ketones is 1. The summed E-state index contributed by atoms with van der Waals surface area (Å²) in [6.07, 6.45) is -1.20. The van der Waals surface area contributed by atoms with Crippen molar-refractivity contribution in [3.8, 4) is 0 Å². The molecular formula is C21H16Cl2N2O6. The number of rotatable bonds is 6. The lowest BCUT2D eigenvalue weighted by Gasteiger charge is -2.16. The van der Waals surface area contributed by atoms with Gasteiger partial charge in [0.05, 0.1) is 21.2 Å². The Hall–Kier alpha value is -3.23. The van der Waals surface area contributed by atoms with Crippen LogP contribution in [0.15, 0.2) is 36.4 Å². The first-order valence-corrected chi connectivity index (χ1v) is 9.80. The van der Waals surface area contributed by atoms with E-state index in [9.17, 15) is 24.0 Å². The molecule has 0 fully saturated rings. The lowest BCUT2D eigenvalue weighted by molar-refractivity contribution is -0.153. The van der Waals surface area contributed by atoms with Crippen LogP contribution in [0.5, 0.6) is 0 Å². The van der Waals surface area contributed by atoms with E-state index in [1.807, 2.05) is 0 Å². The van der Waals surface area contributed by atoms with Crippen LogP contribution >= 0.6 is 23.2 Å². The Balaban J connectivity index is 1.60. The summed E-state index contributed by atoms with van der Waals surface area (Å²) < 4.78 is 5.05. The standard InChI is InChI=1S/C21H16Cl2N2O6/c1-10(26)12-3-5-13(6-4-12)24-19(28)11(2)31-18(27)9-25-20(29)14-7-16(22)17(23)8-15(14)21(25)30/h3-8,11H,9H2,1-2H3,(H,24,28). The second-order valence-electron chi connectivity index (χ2n) is 6.76. The van der Waals surface area contributed by atoms with Gasteiger partial charge in [0.1, 0.15) is 6.54 Å². The molecule has 2 aromatic carbocycles. The molecule has 0 saturated carbocycles. The summed E-state index contributed by atoms with van der Waals surface area (Å²) in [6.45, 7) is 2.10. The van der Waals surface area contributed by atoms with Crippen molar-refractivity contribution in [2.45, 2.75) is 20.0 Å². The van der Waals surface area contributed by atoms with Crippen molar-refractivity contribution in [2.75, 3.05) is 11.9 Å². The SMILES string of the molecule is CC(=O)c1ccc(NC(=O)C(C)OC(=O)CN2C(=O)c3cc(Cl)c(Cl)cc3C2=O)cc1. The molecule has 3 rings (SSSR count). The highest BCUT2D eigenvalue weighted by atomic mass is 35.5. The van der Waals surface area contributed by atoms with E-state index < -0.39 is 36.3 Å². The van der Waals surface area contributed by atoms with Crippen LogP contribution in [0.4, 0.5) is 5.69 Å². The molecule has 0 radical (unpaired) electrons. The summed E-state index contributed by atoms with van der Waals surface area (Å²) in [6, 6.07) is 8.71. The highest BCUT2D eigenvalue weighted by Gasteiger charge is 2.38. The average molecular weight is 463 g/mol. The van der Waals surface area contributed by atoms with Gasteiger partial charge >= 0.3 is 5.97 Å². The van der Waals surface area contributed by atoms with E-state index in [-0.39, 0.29) is 27.0 Å². The fourth-order valence-corrected chi connectivity index (χ4v) is 3.20. The molecule has 1 aliphatic heterocycles. The third-order valence-electron chi connectivity index (χ3n) is 4.54. The number of carbonyl (C=O) groups excluding carboxylic acids is 5. The predicted octanol–water partition coefficient (Wildman–Crippen LogP) is 3.36. The van der Waals surface area contributed by atoms with Crippen LogP contribution in [0.1, 0.15) is 44.9 Å². The molecule has 1 aliphatic rings. The van der Waals surface area contributed by atoms with Gasteiger partial charge in [0.15, 0.2) is 11.9 Å². The maximum atomic E-state index is 12.4. The monoisotopic (exact) mass is 462 g/mol. The first-order chi connectivity index (χ1) is 14.6. The molecule has 31 heavy (non-hydrogen) atoms. The van der Waals surface area contributed by atoms with Gasteiger partial charge in [-0.25, -0.2) is 0 Å². The van der Waals surface area contributed by atoms with Crippen LogP contribution in [0, 0.1) is 0 Å². The third kappa shape index (κ3) is 4.76. The number of anilines is 1. The topological polar surface area (TPSA) is 110 Å². The molecule has 0 spiro atoms. The Morgan fingerprint density at radius 2 is 1.52 bits per heavy atom. The minimum Gasteiger partial charge on any atom is -0.451 e. The largest absolute Gasteiger partial charge is 0.451 e. The third-order valence-corrected chi connectivity index (χ3v) is 5.26. The zero-order valence-electron chi connectivity index (χ0n) is 16.4. The normalized spacial score (nSPS) is 13.6. The smallest absolute Gasteiger partial charge is 0.326 e. The molecule has 1 atom stereocenters. The van der Waals surface area contributed by atoms with Crippen LogP contribution in [-0.4, -0.2) is 47.0 Å². The van der Waals surface area contributed by atoms with Gasteiger partial charge in [-0.3, -0.25) is 28.9 Å². The van der Waals surface area contributed by atoms with Gasteiger partial charge in [-0.2, -0.15) is 0 Å². The van der Waals surface area contributed by atoms with Crippen molar-refractivity contribution < 1.29 is 28.7 Å². The predicted molar refractivity (Wildman–Crippen MR) is 112 cm³/mol. The average Bonchev–Trinajstić information content (AvgIpc) is 2.93. The van der Waals surface area contributed by atoms with E-state index in [2.05, 4.69) is 5.32 Å². The highest BCUT2D eigenvalue weighted by Crippen LogP contribution is 2.31. The van der Waals surface area contributed by atoms with Gasteiger partial charge < -0.3 is 10.1 Å². The summed E-state index contributed by atoms with van der Waals surface area (Å²) in [5, 5.41) is 2.76. The second kappa shape index (κ2) is 8.87. The van der Waals surface area contributed by atoms with Crippen molar-refractivity contribution in [2.24, 2.45) is 0 Å². The van der Waals surface area contributed by atoms with Crippen LogP contribution in [0.25, 0.3) is 0 Å². The van der Waals surface area contributed by atoms with Gasteiger partial charge in [-0.1, -0.05) is 23.2 Å². The molecule has 3 amide bonds. The van der Waals surface area contributed by atoms with Gasteiger partial charge in [-0.15, -0.1) is 0 Å². The maximum absolute atomic E-state index is 12.4. The first-order valence-electron chi connectivity index (χ1n) is 9.05. The quantitative estimate of drug-likeness (QED) is 0.400. The molecule has 160 valence electrons. The van der Waals surface area contributed by atoms with Crippen molar-refractivity contribution in [3.63, 3.8) is 0 Å². The zero-order chi connectivity index (χ0) is 22.9. The van der Waals surface area contributed by atoms with Crippen molar-refractivity contribution >= 4 is 58.4 Å². The summed E-state index contributed by atoms with van der Waals surface area (Å²) >= 11 is 11.8. The fraction of sp³-hybridized carbons (Fsp3) is 0.190. The number of hydrogen-bond acceptors (Lipinski definition) is 6. The Kier molecular flexibility index (Phi) is 6.42. The molecular weight excluding hydrogens is 447 g/mol. The van der Waals surface area contributed by atoms with Gasteiger partial charge in [-0.05, 0) is 50.2 Å². The molecule has 0 aliphatic carbocycles. The Morgan fingerprint density at radius 3 is 2.00 bits per heavy atom. The maximum Gasteiger partial charge on any atom is 0.326 e. The number of Topliss-reactive ketones (excluding diaryl/α,β-unsaturated/α-hetero) is 1. The minimum atomic E-state index is -1.20. The first kappa shape index (κ1) is 22.5. The lowest BCUT2D eigenvalue weighted by Crippen LogP contribution is -2.38. The number of halogens is 2. The van der Waals surface area contributed by atoms with Crippen LogP contribution in [0.2, 0.25) is 10.0 Å². The van der Waals surface area contributed by atoms with Crippen molar-refractivity contribution in [1.82, 2.24) is 4.90 Å². The van der Waals surface area contributed by atoms with E-state index in [4.69, 9.17) is 27.9 Å². The molecule has 0 aromatic heterocycles. The van der Waals surface area contributed by atoms with Crippen LogP contribution in [-0.2, 0) is 14.3 Å². The van der Waals surface area contributed by atoms with E-state index >= 15 is 0 Å². The zero-order valence-corrected chi connectivity index (χ0v) is 17.9. The van der Waals surface area contributed by atoms with Crippen molar-refractivity contribution in [3.05, 3.63) is 63.1 Å². The highest BCUT2D eigenvalue weighted by molar-refractivity contribution is 6.43. The van der Waals surface area contributed by atoms with Crippen LogP contribution in [0.3, 0.4) is 0 Å². The summed E-state index contributed by atoms with van der Waals surface area (Å²) in [5.74, 6) is -3.10. The number of carbonyl (C=O) groups is 5. The molecule has 1 N–H and O–H groups in total. The Bertz CT molecular complexity index is 1070. The van der Waals surface area contributed by atoms with Gasteiger partial charge in [0.2, 0.25) is 0 Å². The van der Waals surface area contributed by atoms with E-state index in [1.165, 1.54) is 38.1 Å². The molecule has 0 saturated heterocycles. The molecule has 0 bridgehead atoms. The number of imide groups is 1. The summed E-state index contributed by atoms with van der Waals surface area (Å²) in [5.41, 5.74) is 0.965. The van der Waals surface area contributed by atoms with Crippen LogP contribution < -0.4 is 5.32 Å². The summed E-state index contributed by atoms with van der Waals surface area (Å²) in [7, 11) is 0. The Labute approximate surface area is 187 Å². The second-order valence-corrected chi connectivity index (χ2v) is 7.58. The molecule has 1 unspecified atom stereocenters. The number of nitrogens with one attached hydrogen (secondary N) is 1. The van der Waals surface area contributed by atoms with Gasteiger partial charge in [0, 0.05) is 11.3 Å². The number of fused-ring (bicyclic) bond motifs is 1. The molecule has 1 heterocycles. The number of esters is 1. The minimum absolute atomic E-state index is 0.0343. The molecule has 10 heteroatoms. The van der Waals surface area contributed by atoms with Gasteiger partial charge in [0.25, 0.3) is 17.7 Å². The van der Waals surface area contributed by atoms with E-state index in [0.29, 0.717) is 16.2 Å². The lowest BCUT2D eigenvalue weighted by atomic mass is 10.1. The number of nitrogens with zero attached hydrogens (tertiary/aromatic N) is 1.